The number of carboxylic acid groups (broad SMARTS) is 1. The van der Waals surface area contributed by atoms with Gasteiger partial charge in [0, 0.05) is 0 Å². The van der Waals surface area contributed by atoms with Crippen LogP contribution in [-0.2, 0) is 19.0 Å². The minimum Gasteiger partial charge on any atom is -0.480 e. The molecule has 0 saturated heterocycles. The lowest BCUT2D eigenvalue weighted by Crippen LogP contribution is -2.14. The minimum atomic E-state index is -1.02. The van der Waals surface area contributed by atoms with E-state index in [0.29, 0.717) is 5.56 Å². The van der Waals surface area contributed by atoms with Crippen LogP contribution in [0.15, 0.2) is 30.3 Å². The predicted molar refractivity (Wildman–Crippen MR) is 66.0 cm³/mol. The van der Waals surface area contributed by atoms with Gasteiger partial charge in [0.1, 0.15) is 13.2 Å². The Bertz CT molecular complexity index is 389. The molecule has 0 radical (unpaired) electrons. The molecule has 0 amide bonds. The Morgan fingerprint density at radius 1 is 0.947 bits per heavy atom. The summed E-state index contributed by atoms with van der Waals surface area (Å²) in [7, 11) is 0. The third-order valence-electron chi connectivity index (χ3n) is 2.07. The number of aliphatic carboxylic acids is 1. The van der Waals surface area contributed by atoms with E-state index in [1.165, 1.54) is 0 Å². The zero-order valence-electron chi connectivity index (χ0n) is 10.4. The highest BCUT2D eigenvalue weighted by atomic mass is 16.6. The minimum absolute atomic E-state index is 0.145. The molecule has 6 nitrogen and oxygen atoms in total. The van der Waals surface area contributed by atoms with Gasteiger partial charge in [-0.15, -0.1) is 0 Å². The predicted octanol–water partition coefficient (Wildman–Crippen LogP) is 0.961. The van der Waals surface area contributed by atoms with E-state index in [-0.39, 0.29) is 33.0 Å². The number of carboxylic acids is 1. The van der Waals surface area contributed by atoms with Gasteiger partial charge < -0.3 is 19.3 Å². The molecule has 0 atom stereocenters. The van der Waals surface area contributed by atoms with Crippen molar-refractivity contribution in [2.45, 2.75) is 0 Å². The van der Waals surface area contributed by atoms with Crippen LogP contribution in [0.3, 0.4) is 0 Å². The zero-order chi connectivity index (χ0) is 13.9. The first kappa shape index (κ1) is 15.1. The smallest absolute Gasteiger partial charge is 0.338 e. The van der Waals surface area contributed by atoms with Gasteiger partial charge in [-0.25, -0.2) is 9.59 Å². The van der Waals surface area contributed by atoms with Crippen molar-refractivity contribution in [3.63, 3.8) is 0 Å². The molecule has 1 aromatic rings. The Hall–Kier alpha value is -1.92. The Kier molecular flexibility index (Phi) is 7.23. The largest absolute Gasteiger partial charge is 0.480 e. The quantitative estimate of drug-likeness (QED) is 0.530. The van der Waals surface area contributed by atoms with Crippen LogP contribution in [0.1, 0.15) is 10.4 Å². The molecule has 0 heterocycles. The molecule has 0 fully saturated rings. The first-order valence-electron chi connectivity index (χ1n) is 5.79. The van der Waals surface area contributed by atoms with E-state index in [2.05, 4.69) is 0 Å². The first-order valence-corrected chi connectivity index (χ1v) is 5.79. The Morgan fingerprint density at radius 2 is 1.58 bits per heavy atom. The van der Waals surface area contributed by atoms with Crippen LogP contribution >= 0.6 is 0 Å². The van der Waals surface area contributed by atoms with Gasteiger partial charge in [-0.1, -0.05) is 18.2 Å². The molecule has 0 saturated carbocycles. The molecule has 0 unspecified atom stereocenters. The summed E-state index contributed by atoms with van der Waals surface area (Å²) in [6.45, 7) is 0.503. The van der Waals surface area contributed by atoms with Crippen molar-refractivity contribution in [1.29, 1.82) is 0 Å². The summed E-state index contributed by atoms with van der Waals surface area (Å²) in [4.78, 5) is 21.6. The second-order valence-corrected chi connectivity index (χ2v) is 3.56. The van der Waals surface area contributed by atoms with Gasteiger partial charge in [-0.05, 0) is 12.1 Å². The van der Waals surface area contributed by atoms with E-state index in [9.17, 15) is 9.59 Å². The summed E-state index contributed by atoms with van der Waals surface area (Å²) in [5.74, 6) is -1.41. The van der Waals surface area contributed by atoms with Crippen molar-refractivity contribution in [2.75, 3.05) is 33.0 Å². The normalized spacial score (nSPS) is 10.1. The van der Waals surface area contributed by atoms with Gasteiger partial charge in [0.2, 0.25) is 0 Å². The van der Waals surface area contributed by atoms with Gasteiger partial charge in [-0.2, -0.15) is 0 Å². The molecular formula is C13H16O6. The number of carbonyl (C=O) groups is 2. The molecule has 0 aliphatic carbocycles. The van der Waals surface area contributed by atoms with Crippen molar-refractivity contribution in [3.05, 3.63) is 35.9 Å². The van der Waals surface area contributed by atoms with Crippen LogP contribution in [0.2, 0.25) is 0 Å². The summed E-state index contributed by atoms with van der Waals surface area (Å²) in [6, 6.07) is 8.67. The Labute approximate surface area is 110 Å². The van der Waals surface area contributed by atoms with Gasteiger partial charge in [0.25, 0.3) is 0 Å². The summed E-state index contributed by atoms with van der Waals surface area (Å²) < 4.78 is 14.8. The van der Waals surface area contributed by atoms with Gasteiger partial charge in [0.05, 0.1) is 25.4 Å². The average molecular weight is 268 g/mol. The maximum atomic E-state index is 11.5. The number of carbonyl (C=O) groups excluding carboxylic acids is 1. The molecule has 6 heteroatoms. The van der Waals surface area contributed by atoms with E-state index in [1.807, 2.05) is 6.07 Å². The monoisotopic (exact) mass is 268 g/mol. The molecule has 1 N–H and O–H groups in total. The van der Waals surface area contributed by atoms with E-state index in [0.717, 1.165) is 0 Å². The molecule has 104 valence electrons. The highest BCUT2D eigenvalue weighted by molar-refractivity contribution is 5.89. The number of ether oxygens (including phenoxy) is 3. The van der Waals surface area contributed by atoms with E-state index in [4.69, 9.17) is 19.3 Å². The SMILES string of the molecule is O=C(O)COCCOCCOC(=O)c1ccccc1. The Morgan fingerprint density at radius 3 is 2.26 bits per heavy atom. The first-order chi connectivity index (χ1) is 9.20. The molecular weight excluding hydrogens is 252 g/mol. The third-order valence-corrected chi connectivity index (χ3v) is 2.07. The van der Waals surface area contributed by atoms with Crippen molar-refractivity contribution in [3.8, 4) is 0 Å². The lowest BCUT2D eigenvalue weighted by atomic mass is 10.2. The molecule has 1 rings (SSSR count). The highest BCUT2D eigenvalue weighted by Crippen LogP contribution is 2.00. The molecule has 0 aromatic heterocycles. The molecule has 0 spiro atoms. The van der Waals surface area contributed by atoms with Gasteiger partial charge >= 0.3 is 11.9 Å². The summed E-state index contributed by atoms with van der Waals surface area (Å²) in [6.07, 6.45) is 0. The van der Waals surface area contributed by atoms with Gasteiger partial charge in [-0.3, -0.25) is 0 Å². The van der Waals surface area contributed by atoms with Crippen LogP contribution in [-0.4, -0.2) is 50.1 Å². The summed E-state index contributed by atoms with van der Waals surface area (Å²) in [5.41, 5.74) is 0.493. The fourth-order valence-electron chi connectivity index (χ4n) is 1.23. The van der Waals surface area contributed by atoms with Crippen molar-refractivity contribution in [2.24, 2.45) is 0 Å². The van der Waals surface area contributed by atoms with E-state index < -0.39 is 11.9 Å². The van der Waals surface area contributed by atoms with Crippen molar-refractivity contribution in [1.82, 2.24) is 0 Å². The molecule has 0 aliphatic heterocycles. The lowest BCUT2D eigenvalue weighted by Gasteiger charge is -2.06. The summed E-state index contributed by atoms with van der Waals surface area (Å²) in [5, 5.41) is 8.30. The van der Waals surface area contributed by atoms with Crippen LogP contribution in [0.25, 0.3) is 0 Å². The maximum absolute atomic E-state index is 11.5. The number of benzene rings is 1. The van der Waals surface area contributed by atoms with E-state index >= 15 is 0 Å². The van der Waals surface area contributed by atoms with Gasteiger partial charge in [0.15, 0.2) is 0 Å². The van der Waals surface area contributed by atoms with Crippen molar-refractivity contribution >= 4 is 11.9 Å². The molecule has 0 aliphatic rings. The third kappa shape index (κ3) is 7.17. The van der Waals surface area contributed by atoms with E-state index in [1.54, 1.807) is 24.3 Å². The fraction of sp³-hybridized carbons (Fsp3) is 0.385. The number of hydrogen-bond donors (Lipinski definition) is 1. The average Bonchev–Trinajstić information content (AvgIpc) is 2.42. The topological polar surface area (TPSA) is 82.1 Å². The number of esters is 1. The van der Waals surface area contributed by atoms with Crippen LogP contribution in [0.4, 0.5) is 0 Å². The maximum Gasteiger partial charge on any atom is 0.338 e. The molecule has 1 aromatic carbocycles. The van der Waals surface area contributed by atoms with Crippen LogP contribution in [0.5, 0.6) is 0 Å². The number of rotatable bonds is 9. The second-order valence-electron chi connectivity index (χ2n) is 3.56. The van der Waals surface area contributed by atoms with Crippen LogP contribution in [0, 0.1) is 0 Å². The Balaban J connectivity index is 1.99. The molecule has 19 heavy (non-hydrogen) atoms. The second kappa shape index (κ2) is 9.07. The van der Waals surface area contributed by atoms with Crippen LogP contribution < -0.4 is 0 Å². The lowest BCUT2D eigenvalue weighted by molar-refractivity contribution is -0.142. The fourth-order valence-corrected chi connectivity index (χ4v) is 1.23. The standard InChI is InChI=1S/C13H16O6/c14-12(15)10-18-7-6-17-8-9-19-13(16)11-4-2-1-3-5-11/h1-5H,6-10H2,(H,14,15). The number of hydrogen-bond acceptors (Lipinski definition) is 5. The summed E-state index contributed by atoms with van der Waals surface area (Å²) >= 11 is 0. The molecule has 0 bridgehead atoms. The highest BCUT2D eigenvalue weighted by Gasteiger charge is 2.04. The zero-order valence-corrected chi connectivity index (χ0v) is 10.4. The van der Waals surface area contributed by atoms with Crippen molar-refractivity contribution < 1.29 is 28.9 Å².